The maximum atomic E-state index is 12.2. The summed E-state index contributed by atoms with van der Waals surface area (Å²) in [7, 11) is -3.70. The second kappa shape index (κ2) is 7.60. The third kappa shape index (κ3) is 4.99. The van der Waals surface area contributed by atoms with E-state index in [9.17, 15) is 18.3 Å². The number of hydrogen-bond donors (Lipinski definition) is 3. The van der Waals surface area contributed by atoms with Crippen LogP contribution in [0.25, 0.3) is 0 Å². The highest BCUT2D eigenvalue weighted by molar-refractivity contribution is 7.89. The number of nitrogens with one attached hydrogen (secondary N) is 2. The van der Waals surface area contributed by atoms with Gasteiger partial charge in [0.1, 0.15) is 0 Å². The van der Waals surface area contributed by atoms with Gasteiger partial charge in [-0.2, -0.15) is 0 Å². The van der Waals surface area contributed by atoms with Gasteiger partial charge in [0.2, 0.25) is 10.0 Å². The van der Waals surface area contributed by atoms with Gasteiger partial charge in [-0.25, -0.2) is 17.9 Å². The van der Waals surface area contributed by atoms with Gasteiger partial charge in [0.25, 0.3) is 0 Å². The second-order valence-electron chi connectivity index (χ2n) is 5.71. The number of sulfonamides is 1. The molecule has 0 unspecified atom stereocenters. The van der Waals surface area contributed by atoms with Gasteiger partial charge in [-0.3, -0.25) is 0 Å². The van der Waals surface area contributed by atoms with Crippen LogP contribution in [0.15, 0.2) is 23.1 Å². The summed E-state index contributed by atoms with van der Waals surface area (Å²) in [5.74, 6) is -0.994. The zero-order valence-corrected chi connectivity index (χ0v) is 14.2. The monoisotopic (exact) mass is 328 g/mol. The largest absolute Gasteiger partial charge is 0.478 e. The van der Waals surface area contributed by atoms with Crippen molar-refractivity contribution in [1.82, 2.24) is 4.72 Å². The first-order chi connectivity index (χ1) is 10.2. The van der Waals surface area contributed by atoms with Crippen molar-refractivity contribution in [2.45, 2.75) is 45.1 Å². The Kier molecular flexibility index (Phi) is 6.37. The quantitative estimate of drug-likeness (QED) is 0.681. The van der Waals surface area contributed by atoms with Crippen molar-refractivity contribution >= 4 is 21.7 Å². The summed E-state index contributed by atoms with van der Waals surface area (Å²) in [5.41, 5.74) is 0.373. The lowest BCUT2D eigenvalue weighted by atomic mass is 10.1. The first-order valence-electron chi connectivity index (χ1n) is 7.31. The summed E-state index contributed by atoms with van der Waals surface area (Å²) in [6, 6.07) is 4.20. The Morgan fingerprint density at radius 2 is 1.91 bits per heavy atom. The van der Waals surface area contributed by atoms with Crippen molar-refractivity contribution in [2.75, 3.05) is 11.9 Å². The van der Waals surface area contributed by atoms with E-state index < -0.39 is 16.0 Å². The summed E-state index contributed by atoms with van der Waals surface area (Å²) in [5, 5.41) is 12.4. The minimum Gasteiger partial charge on any atom is -0.478 e. The maximum absolute atomic E-state index is 12.2. The lowest BCUT2D eigenvalue weighted by molar-refractivity contribution is 0.0697. The molecule has 6 nitrogen and oxygen atoms in total. The van der Waals surface area contributed by atoms with Crippen LogP contribution in [0.2, 0.25) is 0 Å². The van der Waals surface area contributed by atoms with Gasteiger partial charge in [0, 0.05) is 18.3 Å². The molecule has 0 saturated heterocycles. The molecule has 0 aliphatic rings. The van der Waals surface area contributed by atoms with Crippen molar-refractivity contribution in [3.63, 3.8) is 0 Å². The van der Waals surface area contributed by atoms with Gasteiger partial charge in [-0.15, -0.1) is 0 Å². The number of carboxylic acids is 1. The summed E-state index contributed by atoms with van der Waals surface area (Å²) in [6.07, 6.45) is 0.828. The molecule has 0 fully saturated rings. The van der Waals surface area contributed by atoms with Gasteiger partial charge in [0.05, 0.1) is 10.5 Å². The third-order valence-electron chi connectivity index (χ3n) is 3.23. The van der Waals surface area contributed by atoms with Crippen LogP contribution in [0.5, 0.6) is 0 Å². The second-order valence-corrected chi connectivity index (χ2v) is 7.48. The summed E-state index contributed by atoms with van der Waals surface area (Å²) in [6.45, 7) is 8.00. The predicted octanol–water partition coefficient (Wildman–Crippen LogP) is 2.53. The highest BCUT2D eigenvalue weighted by atomic mass is 32.2. The first-order valence-corrected chi connectivity index (χ1v) is 8.79. The van der Waals surface area contributed by atoms with Gasteiger partial charge < -0.3 is 10.4 Å². The molecule has 0 bridgehead atoms. The minimum absolute atomic E-state index is 0.0414. The van der Waals surface area contributed by atoms with E-state index in [-0.39, 0.29) is 22.4 Å². The molecular weight excluding hydrogens is 304 g/mol. The molecule has 0 saturated carbocycles. The Hall–Kier alpha value is -1.60. The molecule has 0 heterocycles. The molecule has 0 aliphatic heterocycles. The smallest absolute Gasteiger partial charge is 0.337 e. The number of benzene rings is 1. The number of carbonyl (C=O) groups is 1. The van der Waals surface area contributed by atoms with Crippen molar-refractivity contribution in [3.05, 3.63) is 23.8 Å². The van der Waals surface area contributed by atoms with Crippen molar-refractivity contribution in [1.29, 1.82) is 0 Å². The molecule has 0 radical (unpaired) electrons. The van der Waals surface area contributed by atoms with Crippen LogP contribution in [0.1, 0.15) is 44.5 Å². The van der Waals surface area contributed by atoms with Gasteiger partial charge in [0.15, 0.2) is 0 Å². The van der Waals surface area contributed by atoms with E-state index in [1.807, 2.05) is 27.7 Å². The molecule has 124 valence electrons. The van der Waals surface area contributed by atoms with Crippen LogP contribution in [-0.4, -0.2) is 32.1 Å². The van der Waals surface area contributed by atoms with Crippen LogP contribution in [0.4, 0.5) is 5.69 Å². The third-order valence-corrected chi connectivity index (χ3v) is 4.65. The van der Waals surface area contributed by atoms with E-state index >= 15 is 0 Å². The van der Waals surface area contributed by atoms with E-state index in [0.717, 1.165) is 6.42 Å². The Morgan fingerprint density at radius 3 is 2.41 bits per heavy atom. The SMILES string of the molecule is CC[C@H](C)Nc1ccc(S(=O)(=O)NCC(C)C)cc1C(=O)O. The van der Waals surface area contributed by atoms with E-state index in [0.29, 0.717) is 12.2 Å². The van der Waals surface area contributed by atoms with Crippen molar-refractivity contribution in [3.8, 4) is 0 Å². The molecule has 1 aromatic rings. The number of rotatable bonds is 8. The molecule has 1 atom stereocenters. The average molecular weight is 328 g/mol. The van der Waals surface area contributed by atoms with Crippen LogP contribution in [0, 0.1) is 5.92 Å². The molecule has 1 rings (SSSR count). The van der Waals surface area contributed by atoms with Crippen LogP contribution in [-0.2, 0) is 10.0 Å². The summed E-state index contributed by atoms with van der Waals surface area (Å²) >= 11 is 0. The minimum atomic E-state index is -3.70. The van der Waals surface area contributed by atoms with Gasteiger partial charge in [-0.1, -0.05) is 20.8 Å². The maximum Gasteiger partial charge on any atom is 0.337 e. The van der Waals surface area contributed by atoms with Gasteiger partial charge >= 0.3 is 5.97 Å². The molecule has 1 aromatic carbocycles. The molecule has 7 heteroatoms. The fourth-order valence-corrected chi connectivity index (χ4v) is 2.96. The molecule has 22 heavy (non-hydrogen) atoms. The summed E-state index contributed by atoms with van der Waals surface area (Å²) in [4.78, 5) is 11.3. The lowest BCUT2D eigenvalue weighted by Crippen LogP contribution is -2.28. The fraction of sp³-hybridized carbons (Fsp3) is 0.533. The van der Waals surface area contributed by atoms with E-state index in [2.05, 4.69) is 10.0 Å². The Labute approximate surface area is 132 Å². The highest BCUT2D eigenvalue weighted by Gasteiger charge is 2.19. The molecule has 0 spiro atoms. The van der Waals surface area contributed by atoms with E-state index in [1.54, 1.807) is 0 Å². The number of carboxylic acid groups (broad SMARTS) is 1. The number of anilines is 1. The van der Waals surface area contributed by atoms with Crippen LogP contribution >= 0.6 is 0 Å². The fourth-order valence-electron chi connectivity index (χ4n) is 1.72. The standard InChI is InChI=1S/C15H24N2O4S/c1-5-11(4)17-14-7-6-12(8-13(14)15(18)19)22(20,21)16-9-10(2)3/h6-8,10-11,16-17H,5,9H2,1-4H3,(H,18,19)/t11-/m0/s1. The topological polar surface area (TPSA) is 95.5 Å². The Morgan fingerprint density at radius 1 is 1.27 bits per heavy atom. The van der Waals surface area contributed by atoms with E-state index in [1.165, 1.54) is 18.2 Å². The number of hydrogen-bond acceptors (Lipinski definition) is 4. The summed E-state index contributed by atoms with van der Waals surface area (Å²) < 4.78 is 26.8. The zero-order chi connectivity index (χ0) is 16.9. The predicted molar refractivity (Wildman–Crippen MR) is 86.8 cm³/mol. The normalized spacial score (nSPS) is 13.1. The van der Waals surface area contributed by atoms with Crippen molar-refractivity contribution < 1.29 is 18.3 Å². The van der Waals surface area contributed by atoms with Crippen LogP contribution < -0.4 is 10.0 Å². The molecule has 0 aliphatic carbocycles. The highest BCUT2D eigenvalue weighted by Crippen LogP contribution is 2.22. The molecule has 0 aromatic heterocycles. The number of aromatic carboxylic acids is 1. The molecular formula is C15H24N2O4S. The average Bonchev–Trinajstić information content (AvgIpc) is 2.45. The molecule has 0 amide bonds. The van der Waals surface area contributed by atoms with Crippen LogP contribution in [0.3, 0.4) is 0 Å². The van der Waals surface area contributed by atoms with E-state index in [4.69, 9.17) is 0 Å². The Balaban J connectivity index is 3.14. The first kappa shape index (κ1) is 18.4. The van der Waals surface area contributed by atoms with Gasteiger partial charge in [-0.05, 0) is 37.5 Å². The van der Waals surface area contributed by atoms with Crippen molar-refractivity contribution in [2.24, 2.45) is 5.92 Å². The lowest BCUT2D eigenvalue weighted by Gasteiger charge is -2.16. The zero-order valence-electron chi connectivity index (χ0n) is 13.4. The molecule has 3 N–H and O–H groups in total. The Bertz CT molecular complexity index is 626.